The smallest absolute Gasteiger partial charge is 0.253 e. The molecular weight excluding hydrogens is 290 g/mol. The molecule has 0 atom stereocenters. The second-order valence-corrected chi connectivity index (χ2v) is 7.86. The van der Waals surface area contributed by atoms with Gasteiger partial charge in [-0.25, -0.2) is 16.8 Å². The van der Waals surface area contributed by atoms with Gasteiger partial charge in [0.1, 0.15) is 0 Å². The fourth-order valence-electron chi connectivity index (χ4n) is 1.94. The van der Waals surface area contributed by atoms with E-state index in [0.717, 1.165) is 12.8 Å². The molecular formula is C10H15N3O4S2. The van der Waals surface area contributed by atoms with Gasteiger partial charge >= 0.3 is 0 Å². The summed E-state index contributed by atoms with van der Waals surface area (Å²) < 4.78 is 48.6. The Labute approximate surface area is 112 Å². The summed E-state index contributed by atoms with van der Waals surface area (Å²) in [5.41, 5.74) is 0. The van der Waals surface area contributed by atoms with Gasteiger partial charge in [-0.05, 0) is 37.1 Å². The lowest BCUT2D eigenvalue weighted by Gasteiger charge is -2.15. The maximum atomic E-state index is 12.2. The molecule has 1 aromatic rings. The van der Waals surface area contributed by atoms with Crippen LogP contribution in [-0.2, 0) is 20.0 Å². The predicted octanol–water partition coefficient (Wildman–Crippen LogP) is -0.377. The van der Waals surface area contributed by atoms with Crippen molar-refractivity contribution in [3.8, 4) is 0 Å². The van der Waals surface area contributed by atoms with E-state index < -0.39 is 20.0 Å². The number of sulfonamides is 2. The molecule has 1 fully saturated rings. The van der Waals surface area contributed by atoms with Crippen molar-refractivity contribution in [3.05, 3.63) is 24.3 Å². The molecule has 0 spiro atoms. The van der Waals surface area contributed by atoms with Crippen molar-refractivity contribution >= 4 is 20.0 Å². The highest BCUT2D eigenvalue weighted by Gasteiger charge is 2.27. The molecule has 3 N–H and O–H groups in total. The quantitative estimate of drug-likeness (QED) is 0.582. The van der Waals surface area contributed by atoms with Crippen LogP contribution in [-0.4, -0.2) is 34.2 Å². The third kappa shape index (κ3) is 2.79. The number of nitrogens with one attached hydrogen (secondary N) is 1. The topological polar surface area (TPSA) is 110 Å². The Hall–Kier alpha value is -1.00. The summed E-state index contributed by atoms with van der Waals surface area (Å²) in [5.74, 6) is 4.90. The number of benzene rings is 1. The van der Waals surface area contributed by atoms with Gasteiger partial charge in [0.05, 0.1) is 9.79 Å². The van der Waals surface area contributed by atoms with Crippen molar-refractivity contribution in [1.82, 2.24) is 9.14 Å². The number of nitrogens with two attached hydrogens (primary N) is 1. The Morgan fingerprint density at radius 3 is 1.89 bits per heavy atom. The van der Waals surface area contributed by atoms with Gasteiger partial charge in [0.2, 0.25) is 10.0 Å². The maximum absolute atomic E-state index is 12.2. The average molecular weight is 305 g/mol. The molecule has 0 unspecified atom stereocenters. The van der Waals surface area contributed by atoms with E-state index in [-0.39, 0.29) is 9.79 Å². The molecule has 0 saturated carbocycles. The van der Waals surface area contributed by atoms with Crippen molar-refractivity contribution in [2.75, 3.05) is 13.1 Å². The summed E-state index contributed by atoms with van der Waals surface area (Å²) in [7, 11) is -7.28. The van der Waals surface area contributed by atoms with E-state index in [1.807, 2.05) is 0 Å². The van der Waals surface area contributed by atoms with Gasteiger partial charge in [-0.2, -0.15) is 9.14 Å². The van der Waals surface area contributed by atoms with Gasteiger partial charge < -0.3 is 0 Å². The zero-order valence-electron chi connectivity index (χ0n) is 10.1. The van der Waals surface area contributed by atoms with Crippen LogP contribution in [0.25, 0.3) is 0 Å². The van der Waals surface area contributed by atoms with Gasteiger partial charge in [-0.3, -0.25) is 5.84 Å². The lowest BCUT2D eigenvalue weighted by Crippen LogP contribution is -2.30. The molecule has 0 radical (unpaired) electrons. The Bertz CT molecular complexity index is 647. The van der Waals surface area contributed by atoms with Crippen LogP contribution in [0.1, 0.15) is 12.8 Å². The Balaban J connectivity index is 2.33. The maximum Gasteiger partial charge on any atom is 0.253 e. The molecule has 0 amide bonds. The van der Waals surface area contributed by atoms with Crippen molar-refractivity contribution in [3.63, 3.8) is 0 Å². The van der Waals surface area contributed by atoms with E-state index >= 15 is 0 Å². The summed E-state index contributed by atoms with van der Waals surface area (Å²) in [5, 5.41) is 0. The minimum atomic E-state index is -3.76. The van der Waals surface area contributed by atoms with Gasteiger partial charge in [-0.15, -0.1) is 0 Å². The highest BCUT2D eigenvalue weighted by molar-refractivity contribution is 7.89. The van der Waals surface area contributed by atoms with Gasteiger partial charge in [0, 0.05) is 13.1 Å². The van der Waals surface area contributed by atoms with Crippen molar-refractivity contribution < 1.29 is 16.8 Å². The zero-order chi connectivity index (χ0) is 14.1. The molecule has 9 heteroatoms. The summed E-state index contributed by atoms with van der Waals surface area (Å²) in [6, 6.07) is 4.99. The van der Waals surface area contributed by atoms with Crippen LogP contribution in [0.3, 0.4) is 0 Å². The minimum absolute atomic E-state index is 0.0737. The van der Waals surface area contributed by atoms with E-state index in [9.17, 15) is 16.8 Å². The summed E-state index contributed by atoms with van der Waals surface area (Å²) in [6.45, 7) is 1.01. The predicted molar refractivity (Wildman–Crippen MR) is 68.9 cm³/mol. The molecule has 1 aliphatic rings. The second-order valence-electron chi connectivity index (χ2n) is 4.20. The largest absolute Gasteiger partial charge is 0.257 e. The van der Waals surface area contributed by atoms with E-state index in [1.165, 1.54) is 28.6 Å². The number of hydrazine groups is 1. The minimum Gasteiger partial charge on any atom is -0.257 e. The Kier molecular flexibility index (Phi) is 3.92. The highest BCUT2D eigenvalue weighted by atomic mass is 32.2. The first-order chi connectivity index (χ1) is 8.88. The molecule has 0 aromatic heterocycles. The number of hydrogen-bond acceptors (Lipinski definition) is 5. The molecule has 19 heavy (non-hydrogen) atoms. The van der Waals surface area contributed by atoms with Gasteiger partial charge in [-0.1, -0.05) is 0 Å². The number of hydrogen-bond donors (Lipinski definition) is 2. The molecule has 106 valence electrons. The van der Waals surface area contributed by atoms with Crippen LogP contribution in [0.5, 0.6) is 0 Å². The third-order valence-corrected chi connectivity index (χ3v) is 6.11. The number of nitrogens with zero attached hydrogens (tertiary/aromatic N) is 1. The van der Waals surface area contributed by atoms with E-state index in [4.69, 9.17) is 5.84 Å². The van der Waals surface area contributed by atoms with Crippen LogP contribution in [0, 0.1) is 0 Å². The summed E-state index contributed by atoms with van der Waals surface area (Å²) in [4.78, 5) is 1.70. The second kappa shape index (κ2) is 5.17. The molecule has 7 nitrogen and oxygen atoms in total. The molecule has 0 aliphatic carbocycles. The first-order valence-electron chi connectivity index (χ1n) is 5.70. The van der Waals surface area contributed by atoms with Crippen LogP contribution in [0.2, 0.25) is 0 Å². The van der Waals surface area contributed by atoms with Crippen molar-refractivity contribution in [2.24, 2.45) is 5.84 Å². The fourth-order valence-corrected chi connectivity index (χ4v) is 4.08. The van der Waals surface area contributed by atoms with Crippen LogP contribution in [0.4, 0.5) is 0 Å². The highest BCUT2D eigenvalue weighted by Crippen LogP contribution is 2.21. The Morgan fingerprint density at radius 2 is 1.42 bits per heavy atom. The zero-order valence-corrected chi connectivity index (χ0v) is 11.7. The lowest BCUT2D eigenvalue weighted by atomic mass is 10.4. The Morgan fingerprint density at radius 1 is 0.947 bits per heavy atom. The van der Waals surface area contributed by atoms with E-state index in [0.29, 0.717) is 13.1 Å². The van der Waals surface area contributed by atoms with Gasteiger partial charge in [0.15, 0.2) is 0 Å². The van der Waals surface area contributed by atoms with E-state index in [1.54, 1.807) is 4.83 Å². The van der Waals surface area contributed by atoms with Crippen LogP contribution < -0.4 is 10.7 Å². The molecule has 2 rings (SSSR count). The standard InChI is InChI=1S/C10H15N3O4S2/c11-12-18(14,15)9-3-5-10(6-4-9)19(16,17)13-7-1-2-8-13/h3-6,12H,1-2,7-8,11H2. The normalized spacial score (nSPS) is 17.7. The molecule has 1 aromatic carbocycles. The van der Waals surface area contributed by atoms with Gasteiger partial charge in [0.25, 0.3) is 10.0 Å². The summed E-state index contributed by atoms with van der Waals surface area (Å²) >= 11 is 0. The first kappa shape index (κ1) is 14.4. The molecule has 1 aliphatic heterocycles. The monoisotopic (exact) mass is 305 g/mol. The first-order valence-corrected chi connectivity index (χ1v) is 8.63. The average Bonchev–Trinajstić information content (AvgIpc) is 2.93. The van der Waals surface area contributed by atoms with Crippen molar-refractivity contribution in [2.45, 2.75) is 22.6 Å². The third-order valence-electron chi connectivity index (χ3n) is 2.99. The summed E-state index contributed by atoms with van der Waals surface area (Å²) in [6.07, 6.45) is 1.70. The SMILES string of the molecule is NNS(=O)(=O)c1ccc(S(=O)(=O)N2CCCC2)cc1. The fraction of sp³-hybridized carbons (Fsp3) is 0.400. The lowest BCUT2D eigenvalue weighted by molar-refractivity contribution is 0.477. The molecule has 1 heterocycles. The van der Waals surface area contributed by atoms with Crippen molar-refractivity contribution in [1.29, 1.82) is 0 Å². The molecule has 0 bridgehead atoms. The van der Waals surface area contributed by atoms with E-state index in [2.05, 4.69) is 0 Å². The van der Waals surface area contributed by atoms with Crippen LogP contribution >= 0.6 is 0 Å². The van der Waals surface area contributed by atoms with Crippen LogP contribution in [0.15, 0.2) is 34.1 Å². The molecule has 1 saturated heterocycles. The number of rotatable bonds is 4.